The highest BCUT2D eigenvalue weighted by atomic mass is 16.5. The lowest BCUT2D eigenvalue weighted by Crippen LogP contribution is -2.46. The van der Waals surface area contributed by atoms with E-state index in [1.807, 2.05) is 0 Å². The summed E-state index contributed by atoms with van der Waals surface area (Å²) in [6.45, 7) is 5.46. The molecule has 0 aromatic carbocycles. The number of rotatable bonds is 4. The summed E-state index contributed by atoms with van der Waals surface area (Å²) in [5.74, 6) is 0. The molecule has 0 aromatic heterocycles. The van der Waals surface area contributed by atoms with Gasteiger partial charge < -0.3 is 10.1 Å². The van der Waals surface area contributed by atoms with Crippen LogP contribution >= 0.6 is 0 Å². The number of ether oxygens (including phenoxy) is 1. The molecule has 1 heterocycles. The van der Waals surface area contributed by atoms with Gasteiger partial charge in [0.15, 0.2) is 0 Å². The maximum atomic E-state index is 5.25. The Morgan fingerprint density at radius 3 is 2.92 bits per heavy atom. The molecule has 0 aliphatic carbocycles. The quantitative estimate of drug-likeness (QED) is 0.699. The molecule has 1 saturated heterocycles. The van der Waals surface area contributed by atoms with E-state index in [4.69, 9.17) is 4.74 Å². The average molecular weight is 186 g/mol. The molecule has 3 heteroatoms. The van der Waals surface area contributed by atoms with Crippen LogP contribution in [0.1, 0.15) is 19.8 Å². The first-order valence-electron chi connectivity index (χ1n) is 5.17. The summed E-state index contributed by atoms with van der Waals surface area (Å²) in [4.78, 5) is 2.40. The third kappa shape index (κ3) is 3.63. The van der Waals surface area contributed by atoms with Gasteiger partial charge in [0.1, 0.15) is 0 Å². The van der Waals surface area contributed by atoms with E-state index in [1.165, 1.54) is 19.4 Å². The van der Waals surface area contributed by atoms with Crippen LogP contribution in [-0.2, 0) is 4.74 Å². The Kier molecular flexibility index (Phi) is 4.70. The molecule has 13 heavy (non-hydrogen) atoms. The molecule has 2 unspecified atom stereocenters. The number of likely N-dealkylation sites (N-methyl/N-ethyl adjacent to an activating group) is 1. The summed E-state index contributed by atoms with van der Waals surface area (Å²) in [6, 6.07) is 0.700. The van der Waals surface area contributed by atoms with E-state index in [1.54, 1.807) is 7.11 Å². The Bertz CT molecular complexity index is 135. The van der Waals surface area contributed by atoms with E-state index in [9.17, 15) is 0 Å². The van der Waals surface area contributed by atoms with Gasteiger partial charge in [0.25, 0.3) is 0 Å². The average Bonchev–Trinajstić information content (AvgIpc) is 2.19. The van der Waals surface area contributed by atoms with Crippen molar-refractivity contribution in [3.63, 3.8) is 0 Å². The molecule has 1 aliphatic rings. The topological polar surface area (TPSA) is 24.5 Å². The normalized spacial score (nSPS) is 26.3. The second-order valence-corrected chi connectivity index (χ2v) is 3.99. The fraction of sp³-hybridized carbons (Fsp3) is 1.00. The van der Waals surface area contributed by atoms with E-state index < -0.39 is 0 Å². The second kappa shape index (κ2) is 5.58. The van der Waals surface area contributed by atoms with Gasteiger partial charge in [-0.25, -0.2) is 0 Å². The first kappa shape index (κ1) is 11.0. The molecule has 0 spiro atoms. The summed E-state index contributed by atoms with van der Waals surface area (Å²) < 4.78 is 5.25. The van der Waals surface area contributed by atoms with Crippen LogP contribution in [0.25, 0.3) is 0 Å². The van der Waals surface area contributed by atoms with Crippen LogP contribution in [0, 0.1) is 0 Å². The van der Waals surface area contributed by atoms with Crippen molar-refractivity contribution in [1.29, 1.82) is 0 Å². The Morgan fingerprint density at radius 2 is 2.38 bits per heavy atom. The molecule has 1 aliphatic heterocycles. The molecule has 78 valence electrons. The molecular weight excluding hydrogens is 164 g/mol. The standard InChI is InChI=1S/C10H22N2O/c1-9(13-3)8-12(2)10-5-4-6-11-7-10/h9-11H,4-8H2,1-3H3. The van der Waals surface area contributed by atoms with Crippen molar-refractivity contribution in [2.24, 2.45) is 0 Å². The highest BCUT2D eigenvalue weighted by Gasteiger charge is 2.18. The number of nitrogens with zero attached hydrogens (tertiary/aromatic N) is 1. The minimum Gasteiger partial charge on any atom is -0.380 e. The number of nitrogens with one attached hydrogen (secondary N) is 1. The van der Waals surface area contributed by atoms with E-state index in [-0.39, 0.29) is 0 Å². The van der Waals surface area contributed by atoms with Crippen molar-refractivity contribution in [3.05, 3.63) is 0 Å². The SMILES string of the molecule is COC(C)CN(C)C1CCCNC1. The number of hydrogen-bond acceptors (Lipinski definition) is 3. The van der Waals surface area contributed by atoms with Crippen LogP contribution < -0.4 is 5.32 Å². The molecule has 2 atom stereocenters. The van der Waals surface area contributed by atoms with Gasteiger partial charge in [-0.3, -0.25) is 4.90 Å². The second-order valence-electron chi connectivity index (χ2n) is 3.99. The smallest absolute Gasteiger partial charge is 0.0670 e. The first-order chi connectivity index (χ1) is 6.24. The predicted octanol–water partition coefficient (Wildman–Crippen LogP) is 0.705. The first-order valence-corrected chi connectivity index (χ1v) is 5.17. The number of piperidine rings is 1. The fourth-order valence-electron chi connectivity index (χ4n) is 1.84. The maximum Gasteiger partial charge on any atom is 0.0670 e. The van der Waals surface area contributed by atoms with Gasteiger partial charge in [0.05, 0.1) is 6.10 Å². The molecule has 1 rings (SSSR count). The lowest BCUT2D eigenvalue weighted by Gasteiger charge is -2.32. The summed E-state index contributed by atoms with van der Waals surface area (Å²) in [6.07, 6.45) is 2.96. The van der Waals surface area contributed by atoms with Gasteiger partial charge >= 0.3 is 0 Å². The van der Waals surface area contributed by atoms with Crippen LogP contribution in [0.5, 0.6) is 0 Å². The third-order valence-electron chi connectivity index (χ3n) is 2.84. The Labute approximate surface area is 81.4 Å². The summed E-state index contributed by atoms with van der Waals surface area (Å²) >= 11 is 0. The fourth-order valence-corrected chi connectivity index (χ4v) is 1.84. The summed E-state index contributed by atoms with van der Waals surface area (Å²) in [7, 11) is 3.96. The molecule has 0 aromatic rings. The van der Waals surface area contributed by atoms with Crippen molar-refractivity contribution in [1.82, 2.24) is 10.2 Å². The minimum atomic E-state index is 0.340. The number of hydrogen-bond donors (Lipinski definition) is 1. The maximum absolute atomic E-state index is 5.25. The van der Waals surface area contributed by atoms with Crippen molar-refractivity contribution in [3.8, 4) is 0 Å². The van der Waals surface area contributed by atoms with Crippen molar-refractivity contribution < 1.29 is 4.74 Å². The lowest BCUT2D eigenvalue weighted by atomic mass is 10.1. The van der Waals surface area contributed by atoms with E-state index in [0.29, 0.717) is 12.1 Å². The number of methoxy groups -OCH3 is 1. The van der Waals surface area contributed by atoms with Gasteiger partial charge in [0.2, 0.25) is 0 Å². The van der Waals surface area contributed by atoms with Crippen LogP contribution in [-0.4, -0.2) is 50.8 Å². The zero-order valence-electron chi connectivity index (χ0n) is 9.05. The zero-order valence-corrected chi connectivity index (χ0v) is 9.05. The Morgan fingerprint density at radius 1 is 1.62 bits per heavy atom. The van der Waals surface area contributed by atoms with Crippen molar-refractivity contribution >= 4 is 0 Å². The molecule has 1 fully saturated rings. The zero-order chi connectivity index (χ0) is 9.68. The van der Waals surface area contributed by atoms with Gasteiger partial charge in [-0.1, -0.05) is 0 Å². The van der Waals surface area contributed by atoms with Gasteiger partial charge in [-0.15, -0.1) is 0 Å². The molecule has 0 amide bonds. The largest absolute Gasteiger partial charge is 0.380 e. The van der Waals surface area contributed by atoms with E-state index in [2.05, 4.69) is 24.2 Å². The molecule has 0 bridgehead atoms. The summed E-state index contributed by atoms with van der Waals surface area (Å²) in [5.41, 5.74) is 0. The molecule has 3 nitrogen and oxygen atoms in total. The highest BCUT2D eigenvalue weighted by Crippen LogP contribution is 2.09. The molecule has 1 N–H and O–H groups in total. The van der Waals surface area contributed by atoms with Gasteiger partial charge in [0, 0.05) is 26.2 Å². The molecule has 0 radical (unpaired) electrons. The van der Waals surface area contributed by atoms with Crippen LogP contribution in [0.4, 0.5) is 0 Å². The lowest BCUT2D eigenvalue weighted by molar-refractivity contribution is 0.0665. The summed E-state index contributed by atoms with van der Waals surface area (Å²) in [5, 5.41) is 3.42. The Balaban J connectivity index is 2.24. The highest BCUT2D eigenvalue weighted by molar-refractivity contribution is 4.77. The monoisotopic (exact) mass is 186 g/mol. The third-order valence-corrected chi connectivity index (χ3v) is 2.84. The van der Waals surface area contributed by atoms with Gasteiger partial charge in [-0.05, 0) is 33.4 Å². The minimum absolute atomic E-state index is 0.340. The van der Waals surface area contributed by atoms with Gasteiger partial charge in [-0.2, -0.15) is 0 Å². The van der Waals surface area contributed by atoms with Crippen molar-refractivity contribution in [2.45, 2.75) is 31.9 Å². The van der Waals surface area contributed by atoms with E-state index >= 15 is 0 Å². The Hall–Kier alpha value is -0.120. The van der Waals surface area contributed by atoms with Crippen molar-refractivity contribution in [2.75, 3.05) is 33.8 Å². The molecule has 0 saturated carbocycles. The van der Waals surface area contributed by atoms with Crippen LogP contribution in [0.2, 0.25) is 0 Å². The van der Waals surface area contributed by atoms with Crippen LogP contribution in [0.3, 0.4) is 0 Å². The molecular formula is C10H22N2O. The predicted molar refractivity (Wildman–Crippen MR) is 55.0 cm³/mol. The van der Waals surface area contributed by atoms with Crippen LogP contribution in [0.15, 0.2) is 0 Å². The van der Waals surface area contributed by atoms with E-state index in [0.717, 1.165) is 13.1 Å².